The SMILES string of the molecule is Cc1nn(Cc2ccccc2F)c(C)c1NC(=O)c1nn(C)cc1[N+](=O)[O-]. The summed E-state index contributed by atoms with van der Waals surface area (Å²) in [6, 6.07) is 6.35. The minimum Gasteiger partial charge on any atom is -0.317 e. The maximum Gasteiger partial charge on any atom is 0.320 e. The number of hydrogen-bond acceptors (Lipinski definition) is 5. The first kappa shape index (κ1) is 18.2. The van der Waals surface area contributed by atoms with Crippen LogP contribution >= 0.6 is 0 Å². The second kappa shape index (κ2) is 6.98. The highest BCUT2D eigenvalue weighted by Crippen LogP contribution is 2.23. The normalized spacial score (nSPS) is 10.8. The fraction of sp³-hybridized carbons (Fsp3) is 0.235. The zero-order valence-corrected chi connectivity index (χ0v) is 14.9. The summed E-state index contributed by atoms with van der Waals surface area (Å²) in [6.07, 6.45) is 1.16. The number of rotatable bonds is 5. The van der Waals surface area contributed by atoms with E-state index in [-0.39, 0.29) is 23.7 Å². The number of amides is 1. The Morgan fingerprint density at radius 2 is 2.00 bits per heavy atom. The van der Waals surface area contributed by atoms with Gasteiger partial charge in [-0.05, 0) is 19.9 Å². The minimum absolute atomic E-state index is 0.193. The molecule has 0 saturated heterocycles. The first-order valence-electron chi connectivity index (χ1n) is 8.04. The summed E-state index contributed by atoms with van der Waals surface area (Å²) < 4.78 is 16.7. The molecule has 0 saturated carbocycles. The lowest BCUT2D eigenvalue weighted by atomic mass is 10.2. The van der Waals surface area contributed by atoms with Crippen LogP contribution in [0.2, 0.25) is 0 Å². The number of nitrogens with zero attached hydrogens (tertiary/aromatic N) is 5. The standard InChI is InChI=1S/C17H17FN6O3/c1-10-15(19-17(25)16-14(24(26)27)9-22(3)21-16)11(2)23(20-10)8-12-6-4-5-7-13(12)18/h4-7,9H,8H2,1-3H3,(H,19,25). The summed E-state index contributed by atoms with van der Waals surface area (Å²) in [5.74, 6) is -1.06. The van der Waals surface area contributed by atoms with Gasteiger partial charge in [0.1, 0.15) is 12.0 Å². The van der Waals surface area contributed by atoms with Crippen LogP contribution in [-0.2, 0) is 13.6 Å². The largest absolute Gasteiger partial charge is 0.320 e. The lowest BCUT2D eigenvalue weighted by Crippen LogP contribution is -2.16. The lowest BCUT2D eigenvalue weighted by molar-refractivity contribution is -0.385. The van der Waals surface area contributed by atoms with Gasteiger partial charge in [-0.25, -0.2) is 4.39 Å². The minimum atomic E-state index is -0.709. The summed E-state index contributed by atoms with van der Waals surface area (Å²) in [5, 5.41) is 21.9. The van der Waals surface area contributed by atoms with E-state index in [1.807, 2.05) is 0 Å². The van der Waals surface area contributed by atoms with E-state index in [2.05, 4.69) is 15.5 Å². The molecule has 0 spiro atoms. The van der Waals surface area contributed by atoms with Crippen molar-refractivity contribution in [2.75, 3.05) is 5.32 Å². The Morgan fingerprint density at radius 1 is 1.30 bits per heavy atom. The number of nitro groups is 1. The molecule has 2 aromatic heterocycles. The molecule has 27 heavy (non-hydrogen) atoms. The van der Waals surface area contributed by atoms with Crippen molar-refractivity contribution in [2.24, 2.45) is 7.05 Å². The number of aromatic nitrogens is 4. The molecule has 3 aromatic rings. The van der Waals surface area contributed by atoms with Gasteiger partial charge in [-0.1, -0.05) is 18.2 Å². The predicted molar refractivity (Wildman–Crippen MR) is 95.0 cm³/mol. The van der Waals surface area contributed by atoms with Crippen molar-refractivity contribution in [2.45, 2.75) is 20.4 Å². The monoisotopic (exact) mass is 372 g/mol. The van der Waals surface area contributed by atoms with Crippen molar-refractivity contribution < 1.29 is 14.1 Å². The highest BCUT2D eigenvalue weighted by atomic mass is 19.1. The number of hydrogen-bond donors (Lipinski definition) is 1. The van der Waals surface area contributed by atoms with E-state index in [4.69, 9.17) is 0 Å². The summed E-state index contributed by atoms with van der Waals surface area (Å²) >= 11 is 0. The quantitative estimate of drug-likeness (QED) is 0.547. The third kappa shape index (κ3) is 3.54. The van der Waals surface area contributed by atoms with Crippen LogP contribution in [0.1, 0.15) is 27.4 Å². The number of halogens is 1. The Labute approximate surface area is 153 Å². The van der Waals surface area contributed by atoms with Crippen LogP contribution in [-0.4, -0.2) is 30.4 Å². The van der Waals surface area contributed by atoms with Crippen LogP contribution in [0.3, 0.4) is 0 Å². The summed E-state index contributed by atoms with van der Waals surface area (Å²) in [4.78, 5) is 22.9. The lowest BCUT2D eigenvalue weighted by Gasteiger charge is -2.07. The smallest absolute Gasteiger partial charge is 0.317 e. The summed E-state index contributed by atoms with van der Waals surface area (Å²) in [7, 11) is 1.49. The van der Waals surface area contributed by atoms with Gasteiger partial charge in [0.25, 0.3) is 5.91 Å². The van der Waals surface area contributed by atoms with Crippen molar-refractivity contribution in [3.05, 3.63) is 69.0 Å². The van der Waals surface area contributed by atoms with Crippen LogP contribution in [0.15, 0.2) is 30.5 Å². The molecule has 1 amide bonds. The number of carbonyl (C=O) groups excluding carboxylic acids is 1. The number of nitrogens with one attached hydrogen (secondary N) is 1. The van der Waals surface area contributed by atoms with Gasteiger partial charge >= 0.3 is 5.69 Å². The van der Waals surface area contributed by atoms with Crippen LogP contribution in [0.4, 0.5) is 15.8 Å². The zero-order valence-electron chi connectivity index (χ0n) is 14.9. The van der Waals surface area contributed by atoms with E-state index in [1.54, 1.807) is 36.7 Å². The van der Waals surface area contributed by atoms with E-state index < -0.39 is 10.8 Å². The molecule has 1 aromatic carbocycles. The van der Waals surface area contributed by atoms with Crippen LogP contribution in [0.5, 0.6) is 0 Å². The molecule has 0 bridgehead atoms. The summed E-state index contributed by atoms with van der Waals surface area (Å²) in [6.45, 7) is 3.61. The highest BCUT2D eigenvalue weighted by Gasteiger charge is 2.26. The molecular weight excluding hydrogens is 355 g/mol. The van der Waals surface area contributed by atoms with E-state index in [0.717, 1.165) is 6.20 Å². The molecule has 9 nitrogen and oxygen atoms in total. The third-order valence-corrected chi connectivity index (χ3v) is 4.12. The fourth-order valence-electron chi connectivity index (χ4n) is 2.76. The maximum atomic E-state index is 13.9. The van der Waals surface area contributed by atoms with Crippen molar-refractivity contribution >= 4 is 17.3 Å². The molecule has 10 heteroatoms. The molecule has 140 valence electrons. The van der Waals surface area contributed by atoms with Gasteiger partial charge in [-0.2, -0.15) is 10.2 Å². The average Bonchev–Trinajstić information content (AvgIpc) is 3.12. The van der Waals surface area contributed by atoms with Gasteiger partial charge in [-0.15, -0.1) is 0 Å². The molecule has 0 unspecified atom stereocenters. The fourth-order valence-corrected chi connectivity index (χ4v) is 2.76. The van der Waals surface area contributed by atoms with Crippen LogP contribution < -0.4 is 5.32 Å². The Bertz CT molecular complexity index is 1040. The Hall–Kier alpha value is -3.56. The van der Waals surface area contributed by atoms with Crippen molar-refractivity contribution in [3.8, 4) is 0 Å². The molecule has 3 rings (SSSR count). The van der Waals surface area contributed by atoms with Crippen LogP contribution in [0, 0.1) is 29.8 Å². The zero-order chi connectivity index (χ0) is 19.7. The van der Waals surface area contributed by atoms with Gasteiger partial charge in [0.15, 0.2) is 0 Å². The highest BCUT2D eigenvalue weighted by molar-refractivity contribution is 6.06. The molecular formula is C17H17FN6O3. The second-order valence-electron chi connectivity index (χ2n) is 6.04. The van der Waals surface area contributed by atoms with Crippen molar-refractivity contribution in [1.82, 2.24) is 19.6 Å². The maximum absolute atomic E-state index is 13.9. The Morgan fingerprint density at radius 3 is 2.67 bits per heavy atom. The second-order valence-corrected chi connectivity index (χ2v) is 6.04. The first-order chi connectivity index (χ1) is 12.8. The Kier molecular flexibility index (Phi) is 4.72. The van der Waals surface area contributed by atoms with E-state index >= 15 is 0 Å². The number of aryl methyl sites for hydroxylation is 2. The third-order valence-electron chi connectivity index (χ3n) is 4.12. The molecule has 0 aliphatic rings. The van der Waals surface area contributed by atoms with Crippen molar-refractivity contribution in [1.29, 1.82) is 0 Å². The van der Waals surface area contributed by atoms with Gasteiger partial charge < -0.3 is 5.32 Å². The molecule has 0 atom stereocenters. The van der Waals surface area contributed by atoms with E-state index in [9.17, 15) is 19.3 Å². The number of carbonyl (C=O) groups is 1. The Balaban J connectivity index is 1.88. The van der Waals surface area contributed by atoms with E-state index in [1.165, 1.54) is 17.8 Å². The van der Waals surface area contributed by atoms with Gasteiger partial charge in [0.2, 0.25) is 5.69 Å². The van der Waals surface area contributed by atoms with E-state index in [0.29, 0.717) is 22.6 Å². The molecule has 0 aliphatic carbocycles. The van der Waals surface area contributed by atoms with Gasteiger partial charge in [0, 0.05) is 12.6 Å². The molecule has 2 heterocycles. The molecule has 0 aliphatic heterocycles. The topological polar surface area (TPSA) is 108 Å². The van der Waals surface area contributed by atoms with Gasteiger partial charge in [0.05, 0.1) is 28.5 Å². The number of anilines is 1. The average molecular weight is 372 g/mol. The summed E-state index contributed by atoms with van der Waals surface area (Å²) in [5.41, 5.74) is 1.31. The first-order valence-corrected chi connectivity index (χ1v) is 8.04. The number of benzene rings is 1. The van der Waals surface area contributed by atoms with Crippen LogP contribution in [0.25, 0.3) is 0 Å². The molecule has 0 radical (unpaired) electrons. The molecule has 1 N–H and O–H groups in total. The molecule has 0 fully saturated rings. The van der Waals surface area contributed by atoms with Gasteiger partial charge in [-0.3, -0.25) is 24.3 Å². The van der Waals surface area contributed by atoms with Crippen molar-refractivity contribution in [3.63, 3.8) is 0 Å². The predicted octanol–water partition coefficient (Wildman–Crippen LogP) is 2.58.